The SMILES string of the molecule is Cc1cc(Oc2c(C)cccc2C#N)ccc1C(=O)O. The van der Waals surface area contributed by atoms with E-state index in [9.17, 15) is 4.79 Å². The van der Waals surface area contributed by atoms with Gasteiger partial charge in [-0.3, -0.25) is 0 Å². The van der Waals surface area contributed by atoms with E-state index in [0.29, 0.717) is 22.6 Å². The first-order chi connectivity index (χ1) is 9.52. The summed E-state index contributed by atoms with van der Waals surface area (Å²) in [7, 11) is 0. The number of hydrogen-bond acceptors (Lipinski definition) is 3. The second kappa shape index (κ2) is 5.45. The van der Waals surface area contributed by atoms with E-state index in [4.69, 9.17) is 15.1 Å². The maximum absolute atomic E-state index is 11.0. The van der Waals surface area contributed by atoms with Crippen LogP contribution in [0.2, 0.25) is 0 Å². The van der Waals surface area contributed by atoms with Gasteiger partial charge >= 0.3 is 5.97 Å². The van der Waals surface area contributed by atoms with Crippen LogP contribution in [-0.2, 0) is 0 Å². The van der Waals surface area contributed by atoms with Gasteiger partial charge < -0.3 is 9.84 Å². The molecule has 2 aromatic carbocycles. The molecule has 0 aliphatic carbocycles. The van der Waals surface area contributed by atoms with E-state index in [2.05, 4.69) is 6.07 Å². The Balaban J connectivity index is 2.39. The third-order valence-corrected chi connectivity index (χ3v) is 2.98. The van der Waals surface area contributed by atoms with Gasteiger partial charge in [-0.2, -0.15) is 5.26 Å². The summed E-state index contributed by atoms with van der Waals surface area (Å²) in [6.45, 7) is 3.56. The fraction of sp³-hybridized carbons (Fsp3) is 0.125. The molecule has 0 saturated heterocycles. The molecule has 1 N–H and O–H groups in total. The molecule has 2 aromatic rings. The Morgan fingerprint density at radius 3 is 2.55 bits per heavy atom. The quantitative estimate of drug-likeness (QED) is 0.921. The summed E-state index contributed by atoms with van der Waals surface area (Å²) in [6.07, 6.45) is 0. The molecule has 0 aromatic heterocycles. The average Bonchev–Trinajstić information content (AvgIpc) is 2.40. The molecule has 0 aliphatic heterocycles. The topological polar surface area (TPSA) is 70.3 Å². The Hall–Kier alpha value is -2.80. The largest absolute Gasteiger partial charge is 0.478 e. The van der Waals surface area contributed by atoms with E-state index in [-0.39, 0.29) is 5.56 Å². The Bertz CT molecular complexity index is 714. The molecule has 0 saturated carbocycles. The van der Waals surface area contributed by atoms with E-state index >= 15 is 0 Å². The minimum atomic E-state index is -0.970. The van der Waals surface area contributed by atoms with Crippen LogP contribution < -0.4 is 4.74 Å². The van der Waals surface area contributed by atoms with Crippen molar-refractivity contribution in [1.82, 2.24) is 0 Å². The van der Waals surface area contributed by atoms with Crippen molar-refractivity contribution < 1.29 is 14.6 Å². The van der Waals surface area contributed by atoms with E-state index in [1.807, 2.05) is 13.0 Å². The molecule has 2 rings (SSSR count). The predicted molar refractivity (Wildman–Crippen MR) is 74.1 cm³/mol. The summed E-state index contributed by atoms with van der Waals surface area (Å²) >= 11 is 0. The molecule has 0 aliphatic rings. The molecule has 0 fully saturated rings. The van der Waals surface area contributed by atoms with Crippen LogP contribution in [0.25, 0.3) is 0 Å². The molecule has 0 heterocycles. The van der Waals surface area contributed by atoms with Gasteiger partial charge in [0, 0.05) is 0 Å². The van der Waals surface area contributed by atoms with Crippen molar-refractivity contribution in [2.75, 3.05) is 0 Å². The van der Waals surface area contributed by atoms with E-state index in [1.54, 1.807) is 31.2 Å². The Morgan fingerprint density at radius 1 is 1.20 bits per heavy atom. The van der Waals surface area contributed by atoms with E-state index in [1.165, 1.54) is 6.07 Å². The van der Waals surface area contributed by atoms with E-state index < -0.39 is 5.97 Å². The van der Waals surface area contributed by atoms with Crippen molar-refractivity contribution in [2.24, 2.45) is 0 Å². The zero-order valence-corrected chi connectivity index (χ0v) is 11.2. The zero-order valence-electron chi connectivity index (χ0n) is 11.2. The summed E-state index contributed by atoms with van der Waals surface area (Å²) < 4.78 is 5.73. The van der Waals surface area contributed by atoms with Gasteiger partial charge in [0.1, 0.15) is 17.6 Å². The summed E-state index contributed by atoms with van der Waals surface area (Å²) in [4.78, 5) is 11.0. The molecular formula is C16H13NO3. The molecule has 4 nitrogen and oxygen atoms in total. The van der Waals surface area contributed by atoms with Crippen LogP contribution in [0.5, 0.6) is 11.5 Å². The molecule has 20 heavy (non-hydrogen) atoms. The minimum Gasteiger partial charge on any atom is -0.478 e. The average molecular weight is 267 g/mol. The molecule has 0 spiro atoms. The first-order valence-electron chi connectivity index (χ1n) is 6.04. The number of aryl methyl sites for hydroxylation is 2. The Morgan fingerprint density at radius 2 is 1.95 bits per heavy atom. The summed E-state index contributed by atoms with van der Waals surface area (Å²) in [5, 5.41) is 18.1. The van der Waals surface area contributed by atoms with Gasteiger partial charge in [-0.05, 0) is 49.2 Å². The standard InChI is InChI=1S/C16H13NO3/c1-10-4-3-5-12(9-17)15(10)20-13-6-7-14(16(18)19)11(2)8-13/h3-8H,1-2H3,(H,18,19). The normalized spacial score (nSPS) is 9.85. The molecule has 4 heteroatoms. The molecule has 0 radical (unpaired) electrons. The van der Waals surface area contributed by atoms with Gasteiger partial charge in [0.05, 0.1) is 11.1 Å². The van der Waals surface area contributed by atoms with Crippen molar-refractivity contribution in [2.45, 2.75) is 13.8 Å². The highest BCUT2D eigenvalue weighted by atomic mass is 16.5. The van der Waals surface area contributed by atoms with Crippen molar-refractivity contribution >= 4 is 5.97 Å². The number of hydrogen-bond donors (Lipinski definition) is 1. The van der Waals surface area contributed by atoms with Crippen LogP contribution in [0.3, 0.4) is 0 Å². The van der Waals surface area contributed by atoms with Crippen molar-refractivity contribution in [3.8, 4) is 17.6 Å². The highest BCUT2D eigenvalue weighted by Gasteiger charge is 2.11. The molecule has 0 bridgehead atoms. The number of rotatable bonds is 3. The van der Waals surface area contributed by atoms with Gasteiger partial charge in [0.25, 0.3) is 0 Å². The molecule has 100 valence electrons. The number of ether oxygens (including phenoxy) is 1. The van der Waals surface area contributed by atoms with Crippen LogP contribution >= 0.6 is 0 Å². The van der Waals surface area contributed by atoms with Crippen LogP contribution in [0.4, 0.5) is 0 Å². The van der Waals surface area contributed by atoms with Crippen LogP contribution in [0.1, 0.15) is 27.0 Å². The fourth-order valence-electron chi connectivity index (χ4n) is 1.93. The Labute approximate surface area is 116 Å². The first-order valence-corrected chi connectivity index (χ1v) is 6.04. The lowest BCUT2D eigenvalue weighted by Crippen LogP contribution is -2.00. The number of nitrogens with zero attached hydrogens (tertiary/aromatic N) is 1. The molecule has 0 unspecified atom stereocenters. The maximum atomic E-state index is 11.0. The third kappa shape index (κ3) is 2.62. The molecule has 0 amide bonds. The number of nitriles is 1. The lowest BCUT2D eigenvalue weighted by molar-refractivity contribution is 0.0696. The maximum Gasteiger partial charge on any atom is 0.335 e. The molecular weight excluding hydrogens is 254 g/mol. The second-order valence-corrected chi connectivity index (χ2v) is 4.45. The third-order valence-electron chi connectivity index (χ3n) is 2.98. The number of carboxylic acid groups (broad SMARTS) is 1. The number of aromatic carboxylic acids is 1. The van der Waals surface area contributed by atoms with Crippen molar-refractivity contribution in [3.63, 3.8) is 0 Å². The number of benzene rings is 2. The van der Waals surface area contributed by atoms with Crippen LogP contribution in [-0.4, -0.2) is 11.1 Å². The van der Waals surface area contributed by atoms with Gasteiger partial charge in [-0.15, -0.1) is 0 Å². The highest BCUT2D eigenvalue weighted by Crippen LogP contribution is 2.29. The van der Waals surface area contributed by atoms with E-state index in [0.717, 1.165) is 5.56 Å². The number of carboxylic acids is 1. The summed E-state index contributed by atoms with van der Waals surface area (Å²) in [5.41, 5.74) is 2.15. The Kier molecular flexibility index (Phi) is 3.72. The predicted octanol–water partition coefficient (Wildman–Crippen LogP) is 3.67. The highest BCUT2D eigenvalue weighted by molar-refractivity contribution is 5.89. The molecule has 0 atom stereocenters. The van der Waals surface area contributed by atoms with Crippen LogP contribution in [0.15, 0.2) is 36.4 Å². The lowest BCUT2D eigenvalue weighted by Gasteiger charge is -2.11. The van der Waals surface area contributed by atoms with Gasteiger partial charge in [-0.1, -0.05) is 12.1 Å². The zero-order chi connectivity index (χ0) is 14.7. The second-order valence-electron chi connectivity index (χ2n) is 4.45. The number of para-hydroxylation sites is 1. The van der Waals surface area contributed by atoms with Gasteiger partial charge in [0.15, 0.2) is 0 Å². The lowest BCUT2D eigenvalue weighted by atomic mass is 10.1. The van der Waals surface area contributed by atoms with Gasteiger partial charge in [-0.25, -0.2) is 4.79 Å². The van der Waals surface area contributed by atoms with Gasteiger partial charge in [0.2, 0.25) is 0 Å². The smallest absolute Gasteiger partial charge is 0.335 e. The van der Waals surface area contributed by atoms with Crippen molar-refractivity contribution in [3.05, 3.63) is 58.7 Å². The van der Waals surface area contributed by atoms with Crippen molar-refractivity contribution in [1.29, 1.82) is 5.26 Å². The summed E-state index contributed by atoms with van der Waals surface area (Å²) in [5.74, 6) is 0.0402. The fourth-order valence-corrected chi connectivity index (χ4v) is 1.93. The van der Waals surface area contributed by atoms with Crippen LogP contribution in [0, 0.1) is 25.2 Å². The summed E-state index contributed by atoms with van der Waals surface area (Å²) in [6, 6.07) is 12.1. The number of carbonyl (C=O) groups is 1. The monoisotopic (exact) mass is 267 g/mol. The minimum absolute atomic E-state index is 0.239. The first kappa shape index (κ1) is 13.6.